The van der Waals surface area contributed by atoms with Gasteiger partial charge < -0.3 is 9.32 Å². The Morgan fingerprint density at radius 1 is 1.33 bits per heavy atom. The average molecular weight is 284 g/mol. The summed E-state index contributed by atoms with van der Waals surface area (Å²) in [6.07, 6.45) is 1.97. The Hall–Kier alpha value is -1.26. The first-order valence-electron chi connectivity index (χ1n) is 5.68. The first-order valence-corrected chi connectivity index (χ1v) is 7.09. The highest BCUT2D eigenvalue weighted by atomic mass is 35.5. The molecule has 96 valence electrons. The third-order valence-corrected chi connectivity index (χ3v) is 3.56. The number of hydrogen-bond donors (Lipinski definition) is 0. The van der Waals surface area contributed by atoms with Crippen molar-refractivity contribution >= 4 is 28.8 Å². The van der Waals surface area contributed by atoms with E-state index in [2.05, 4.69) is 0 Å². The SMILES string of the molecule is O=C(CCCl)N(Cc1ccco1)Cc1cccs1. The highest BCUT2D eigenvalue weighted by Gasteiger charge is 2.15. The molecular formula is C13H14ClNO2S. The lowest BCUT2D eigenvalue weighted by Crippen LogP contribution is -2.29. The number of carbonyl (C=O) groups excluding carboxylic acids is 1. The Morgan fingerprint density at radius 2 is 2.22 bits per heavy atom. The second kappa shape index (κ2) is 6.61. The van der Waals surface area contributed by atoms with Crippen molar-refractivity contribution in [1.82, 2.24) is 4.90 Å². The van der Waals surface area contributed by atoms with Crippen LogP contribution in [0.5, 0.6) is 0 Å². The number of carbonyl (C=O) groups is 1. The number of thiophene rings is 1. The fourth-order valence-electron chi connectivity index (χ4n) is 1.65. The van der Waals surface area contributed by atoms with Gasteiger partial charge in [-0.05, 0) is 23.6 Å². The molecular weight excluding hydrogens is 270 g/mol. The lowest BCUT2D eigenvalue weighted by Gasteiger charge is -2.20. The maximum Gasteiger partial charge on any atom is 0.224 e. The van der Waals surface area contributed by atoms with E-state index in [1.807, 2.05) is 29.6 Å². The molecule has 0 aliphatic heterocycles. The Kier molecular flexibility index (Phi) is 4.84. The van der Waals surface area contributed by atoms with E-state index >= 15 is 0 Å². The number of furan rings is 1. The Labute approximate surface area is 115 Å². The molecule has 0 saturated heterocycles. The zero-order valence-corrected chi connectivity index (χ0v) is 11.4. The summed E-state index contributed by atoms with van der Waals surface area (Å²) in [6, 6.07) is 7.70. The van der Waals surface area contributed by atoms with Crippen molar-refractivity contribution in [3.05, 3.63) is 46.5 Å². The van der Waals surface area contributed by atoms with Crippen LogP contribution in [0.15, 0.2) is 40.3 Å². The van der Waals surface area contributed by atoms with E-state index in [1.165, 1.54) is 0 Å². The molecule has 0 spiro atoms. The molecule has 0 aromatic carbocycles. The van der Waals surface area contributed by atoms with Crippen LogP contribution in [-0.4, -0.2) is 16.7 Å². The van der Waals surface area contributed by atoms with E-state index in [0.717, 1.165) is 10.6 Å². The minimum atomic E-state index is 0.0507. The summed E-state index contributed by atoms with van der Waals surface area (Å²) in [5, 5.41) is 2.01. The number of halogens is 1. The number of alkyl halides is 1. The topological polar surface area (TPSA) is 33.5 Å². The van der Waals surface area contributed by atoms with Gasteiger partial charge >= 0.3 is 0 Å². The van der Waals surface area contributed by atoms with Crippen LogP contribution in [0, 0.1) is 0 Å². The number of rotatable bonds is 6. The normalized spacial score (nSPS) is 10.5. The molecule has 2 rings (SSSR count). The molecule has 2 heterocycles. The summed E-state index contributed by atoms with van der Waals surface area (Å²) in [5.41, 5.74) is 0. The molecule has 0 aliphatic rings. The second-order valence-electron chi connectivity index (χ2n) is 3.85. The minimum absolute atomic E-state index is 0.0507. The Balaban J connectivity index is 2.04. The van der Waals surface area contributed by atoms with Gasteiger partial charge in [0.15, 0.2) is 0 Å². The lowest BCUT2D eigenvalue weighted by molar-refractivity contribution is -0.132. The molecule has 0 bridgehead atoms. The van der Waals surface area contributed by atoms with E-state index in [9.17, 15) is 4.79 Å². The molecule has 2 aromatic heterocycles. The van der Waals surface area contributed by atoms with Gasteiger partial charge in [0, 0.05) is 17.2 Å². The maximum atomic E-state index is 12.0. The maximum absolute atomic E-state index is 12.0. The summed E-state index contributed by atoms with van der Waals surface area (Å²) < 4.78 is 5.29. The van der Waals surface area contributed by atoms with Crippen LogP contribution >= 0.6 is 22.9 Å². The van der Waals surface area contributed by atoms with Crippen LogP contribution in [-0.2, 0) is 17.9 Å². The van der Waals surface area contributed by atoms with Crippen molar-refractivity contribution in [3.63, 3.8) is 0 Å². The smallest absolute Gasteiger partial charge is 0.224 e. The molecule has 0 saturated carbocycles. The first kappa shape index (κ1) is 13.2. The monoisotopic (exact) mass is 283 g/mol. The van der Waals surface area contributed by atoms with Crippen LogP contribution in [0.2, 0.25) is 0 Å². The molecule has 0 unspecified atom stereocenters. The molecule has 5 heteroatoms. The van der Waals surface area contributed by atoms with Crippen LogP contribution < -0.4 is 0 Å². The number of amides is 1. The molecule has 0 N–H and O–H groups in total. The molecule has 0 fully saturated rings. The summed E-state index contributed by atoms with van der Waals surface area (Å²) >= 11 is 7.28. The first-order chi connectivity index (χ1) is 8.79. The van der Waals surface area contributed by atoms with E-state index in [4.69, 9.17) is 16.0 Å². The van der Waals surface area contributed by atoms with Gasteiger partial charge in [-0.1, -0.05) is 6.07 Å². The average Bonchev–Trinajstić information content (AvgIpc) is 3.01. The molecule has 0 aliphatic carbocycles. The molecule has 0 atom stereocenters. The predicted molar refractivity (Wildman–Crippen MR) is 72.6 cm³/mol. The molecule has 18 heavy (non-hydrogen) atoms. The summed E-state index contributed by atoms with van der Waals surface area (Å²) in [7, 11) is 0. The van der Waals surface area contributed by atoms with Gasteiger partial charge in [0.25, 0.3) is 0 Å². The third kappa shape index (κ3) is 3.62. The third-order valence-electron chi connectivity index (χ3n) is 2.51. The van der Waals surface area contributed by atoms with E-state index in [1.54, 1.807) is 22.5 Å². The standard InChI is InChI=1S/C13H14ClNO2S/c14-6-5-13(16)15(9-11-3-1-7-17-11)10-12-4-2-8-18-12/h1-4,7-8H,5-6,9-10H2. The van der Waals surface area contributed by atoms with Gasteiger partial charge in [-0.15, -0.1) is 22.9 Å². The number of hydrogen-bond acceptors (Lipinski definition) is 3. The summed E-state index contributed by atoms with van der Waals surface area (Å²) in [6.45, 7) is 1.09. The van der Waals surface area contributed by atoms with Gasteiger partial charge in [-0.3, -0.25) is 4.79 Å². The highest BCUT2D eigenvalue weighted by Crippen LogP contribution is 2.15. The van der Waals surface area contributed by atoms with E-state index in [0.29, 0.717) is 25.4 Å². The van der Waals surface area contributed by atoms with Gasteiger partial charge in [-0.2, -0.15) is 0 Å². The van der Waals surface area contributed by atoms with Crippen molar-refractivity contribution in [2.24, 2.45) is 0 Å². The fourth-order valence-corrected chi connectivity index (χ4v) is 2.53. The molecule has 0 radical (unpaired) electrons. The van der Waals surface area contributed by atoms with Crippen molar-refractivity contribution in [2.45, 2.75) is 19.5 Å². The van der Waals surface area contributed by atoms with Crippen molar-refractivity contribution in [1.29, 1.82) is 0 Å². The number of nitrogens with zero attached hydrogens (tertiary/aromatic N) is 1. The quantitative estimate of drug-likeness (QED) is 0.760. The van der Waals surface area contributed by atoms with E-state index in [-0.39, 0.29) is 5.91 Å². The summed E-state index contributed by atoms with van der Waals surface area (Å²) in [5.74, 6) is 1.18. The zero-order chi connectivity index (χ0) is 12.8. The van der Waals surface area contributed by atoms with Crippen molar-refractivity contribution in [3.8, 4) is 0 Å². The van der Waals surface area contributed by atoms with Gasteiger partial charge in [-0.25, -0.2) is 0 Å². The Bertz CT molecular complexity index is 431. The highest BCUT2D eigenvalue weighted by molar-refractivity contribution is 7.09. The van der Waals surface area contributed by atoms with Crippen LogP contribution in [0.25, 0.3) is 0 Å². The molecule has 3 nitrogen and oxygen atoms in total. The van der Waals surface area contributed by atoms with E-state index < -0.39 is 0 Å². The largest absolute Gasteiger partial charge is 0.467 e. The zero-order valence-electron chi connectivity index (χ0n) is 9.84. The summed E-state index contributed by atoms with van der Waals surface area (Å²) in [4.78, 5) is 14.9. The lowest BCUT2D eigenvalue weighted by atomic mass is 10.3. The van der Waals surface area contributed by atoms with Gasteiger partial charge in [0.05, 0.1) is 19.4 Å². The predicted octanol–water partition coefficient (Wildman–Crippen LogP) is 3.50. The van der Waals surface area contributed by atoms with Crippen molar-refractivity contribution < 1.29 is 9.21 Å². The van der Waals surface area contributed by atoms with Crippen LogP contribution in [0.4, 0.5) is 0 Å². The fraction of sp³-hybridized carbons (Fsp3) is 0.308. The minimum Gasteiger partial charge on any atom is -0.467 e. The van der Waals surface area contributed by atoms with Crippen LogP contribution in [0.3, 0.4) is 0 Å². The van der Waals surface area contributed by atoms with Gasteiger partial charge in [0.2, 0.25) is 5.91 Å². The van der Waals surface area contributed by atoms with Gasteiger partial charge in [0.1, 0.15) is 5.76 Å². The molecule has 2 aromatic rings. The second-order valence-corrected chi connectivity index (χ2v) is 5.26. The van der Waals surface area contributed by atoms with Crippen LogP contribution in [0.1, 0.15) is 17.1 Å². The van der Waals surface area contributed by atoms with Crippen molar-refractivity contribution in [2.75, 3.05) is 5.88 Å². The Morgan fingerprint density at radius 3 is 2.83 bits per heavy atom. The molecule has 1 amide bonds.